The summed E-state index contributed by atoms with van der Waals surface area (Å²) in [5.74, 6) is -0.273. The Morgan fingerprint density at radius 3 is 3.06 bits per heavy atom. The second kappa shape index (κ2) is 4.74. The topological polar surface area (TPSA) is 51.5 Å². The second-order valence-electron chi connectivity index (χ2n) is 3.50. The maximum absolute atomic E-state index is 11.3. The molecule has 0 unspecified atom stereocenters. The van der Waals surface area contributed by atoms with E-state index in [2.05, 4.69) is 30.6 Å². The second-order valence-corrected chi connectivity index (χ2v) is 4.31. The molecule has 1 aromatic rings. The van der Waals surface area contributed by atoms with Gasteiger partial charge in [0.15, 0.2) is 0 Å². The molecule has 0 saturated heterocycles. The summed E-state index contributed by atoms with van der Waals surface area (Å²) in [5.41, 5.74) is 1.69. The Morgan fingerprint density at radius 2 is 2.38 bits per heavy atom. The molecule has 1 aliphatic rings. The summed E-state index contributed by atoms with van der Waals surface area (Å²) in [4.78, 5) is 19.9. The standard InChI is InChI=1S/C11H11BrN2O2/c1-16-11(15)9-6-5-8(13-9)7-3-2-4-10(12)14-7/h2-4,9H,5-6H2,1H3/t9-/m0/s1. The van der Waals surface area contributed by atoms with Crippen molar-refractivity contribution in [1.82, 2.24) is 4.98 Å². The van der Waals surface area contributed by atoms with Gasteiger partial charge in [-0.05, 0) is 40.9 Å². The van der Waals surface area contributed by atoms with E-state index in [4.69, 9.17) is 0 Å². The molecule has 0 aromatic carbocycles. The van der Waals surface area contributed by atoms with E-state index in [1.54, 1.807) is 0 Å². The lowest BCUT2D eigenvalue weighted by molar-refractivity contribution is -0.141. The van der Waals surface area contributed by atoms with Crippen molar-refractivity contribution in [1.29, 1.82) is 0 Å². The predicted octanol–water partition coefficient (Wildman–Crippen LogP) is 1.97. The third-order valence-corrected chi connectivity index (χ3v) is 2.89. The smallest absolute Gasteiger partial charge is 0.330 e. The van der Waals surface area contributed by atoms with Crippen LogP contribution in [0.5, 0.6) is 0 Å². The Labute approximate surface area is 102 Å². The zero-order valence-corrected chi connectivity index (χ0v) is 10.4. The van der Waals surface area contributed by atoms with Crippen LogP contribution in [0.2, 0.25) is 0 Å². The fraction of sp³-hybridized carbons (Fsp3) is 0.364. The highest BCUT2D eigenvalue weighted by Crippen LogP contribution is 2.19. The van der Waals surface area contributed by atoms with Crippen molar-refractivity contribution < 1.29 is 9.53 Å². The summed E-state index contributed by atoms with van der Waals surface area (Å²) in [6.45, 7) is 0. The number of ether oxygens (including phenoxy) is 1. The van der Waals surface area contributed by atoms with Crippen LogP contribution < -0.4 is 0 Å². The van der Waals surface area contributed by atoms with E-state index in [0.29, 0.717) is 6.42 Å². The highest BCUT2D eigenvalue weighted by atomic mass is 79.9. The Bertz CT molecular complexity index is 445. The van der Waals surface area contributed by atoms with Crippen molar-refractivity contribution in [3.63, 3.8) is 0 Å². The maximum Gasteiger partial charge on any atom is 0.330 e. The van der Waals surface area contributed by atoms with Gasteiger partial charge in [0.25, 0.3) is 0 Å². The van der Waals surface area contributed by atoms with E-state index < -0.39 is 0 Å². The van der Waals surface area contributed by atoms with E-state index >= 15 is 0 Å². The van der Waals surface area contributed by atoms with Crippen molar-refractivity contribution in [3.8, 4) is 0 Å². The zero-order chi connectivity index (χ0) is 11.5. The van der Waals surface area contributed by atoms with Crippen molar-refractivity contribution in [2.75, 3.05) is 7.11 Å². The Balaban J connectivity index is 2.21. The lowest BCUT2D eigenvalue weighted by Gasteiger charge is -2.01. The van der Waals surface area contributed by atoms with Gasteiger partial charge < -0.3 is 4.74 Å². The number of rotatable bonds is 2. The molecule has 0 radical (unpaired) electrons. The number of pyridine rings is 1. The first-order chi connectivity index (χ1) is 7.70. The van der Waals surface area contributed by atoms with Gasteiger partial charge in [0, 0.05) is 0 Å². The van der Waals surface area contributed by atoms with Crippen LogP contribution in [0, 0.1) is 0 Å². The molecule has 1 aliphatic heterocycles. The van der Waals surface area contributed by atoms with Gasteiger partial charge in [0.1, 0.15) is 10.6 Å². The molecule has 0 amide bonds. The van der Waals surface area contributed by atoms with Crippen molar-refractivity contribution in [2.45, 2.75) is 18.9 Å². The molecular weight excluding hydrogens is 272 g/mol. The highest BCUT2D eigenvalue weighted by Gasteiger charge is 2.25. The van der Waals surface area contributed by atoms with Crippen LogP contribution in [0.4, 0.5) is 0 Å². The fourth-order valence-corrected chi connectivity index (χ4v) is 2.00. The first kappa shape index (κ1) is 11.3. The molecule has 2 heterocycles. The molecule has 4 nitrogen and oxygen atoms in total. The van der Waals surface area contributed by atoms with Crippen LogP contribution >= 0.6 is 15.9 Å². The van der Waals surface area contributed by atoms with E-state index in [1.165, 1.54) is 7.11 Å². The first-order valence-corrected chi connectivity index (χ1v) is 5.77. The molecule has 0 fully saturated rings. The van der Waals surface area contributed by atoms with Gasteiger partial charge in [-0.3, -0.25) is 4.99 Å². The largest absolute Gasteiger partial charge is 0.467 e. The van der Waals surface area contributed by atoms with E-state index in [-0.39, 0.29) is 12.0 Å². The van der Waals surface area contributed by atoms with Crippen LogP contribution in [0.3, 0.4) is 0 Å². The van der Waals surface area contributed by atoms with Crippen molar-refractivity contribution in [2.24, 2.45) is 4.99 Å². The summed E-state index contributed by atoms with van der Waals surface area (Å²) >= 11 is 3.31. The minimum absolute atomic E-state index is 0.273. The molecule has 16 heavy (non-hydrogen) atoms. The Morgan fingerprint density at radius 1 is 1.56 bits per heavy atom. The molecule has 5 heteroatoms. The monoisotopic (exact) mass is 282 g/mol. The molecular formula is C11H11BrN2O2. The first-order valence-electron chi connectivity index (χ1n) is 4.98. The Kier molecular flexibility index (Phi) is 3.33. The van der Waals surface area contributed by atoms with Gasteiger partial charge in [0.05, 0.1) is 18.5 Å². The lowest BCUT2D eigenvalue weighted by Crippen LogP contribution is -2.16. The third-order valence-electron chi connectivity index (χ3n) is 2.45. The number of aliphatic imine (C=N–C) groups is 1. The van der Waals surface area contributed by atoms with Crippen molar-refractivity contribution >= 4 is 27.6 Å². The normalized spacial score (nSPS) is 19.4. The molecule has 84 valence electrons. The van der Waals surface area contributed by atoms with Gasteiger partial charge in [-0.2, -0.15) is 0 Å². The maximum atomic E-state index is 11.3. The SMILES string of the molecule is COC(=O)[C@@H]1CCC(c2cccc(Br)n2)=N1. The van der Waals surface area contributed by atoms with Crippen molar-refractivity contribution in [3.05, 3.63) is 28.5 Å². The summed E-state index contributed by atoms with van der Waals surface area (Å²) in [6.07, 6.45) is 1.47. The Hall–Kier alpha value is -1.23. The van der Waals surface area contributed by atoms with Crippen LogP contribution in [-0.4, -0.2) is 29.8 Å². The molecule has 0 spiro atoms. The number of hydrogen-bond acceptors (Lipinski definition) is 4. The number of esters is 1. The number of halogens is 1. The minimum atomic E-state index is -0.360. The summed E-state index contributed by atoms with van der Waals surface area (Å²) < 4.78 is 5.44. The average molecular weight is 283 g/mol. The van der Waals surface area contributed by atoms with Crippen LogP contribution in [0.15, 0.2) is 27.8 Å². The van der Waals surface area contributed by atoms with Gasteiger partial charge in [-0.25, -0.2) is 9.78 Å². The third kappa shape index (κ3) is 2.29. The van der Waals surface area contributed by atoms with E-state index in [1.807, 2.05) is 18.2 Å². The molecule has 0 saturated carbocycles. The molecule has 1 aromatic heterocycles. The average Bonchev–Trinajstić information content (AvgIpc) is 2.77. The number of methoxy groups -OCH3 is 1. The summed E-state index contributed by atoms with van der Waals surface area (Å²) in [7, 11) is 1.38. The van der Waals surface area contributed by atoms with E-state index in [9.17, 15) is 4.79 Å². The number of nitrogens with zero attached hydrogens (tertiary/aromatic N) is 2. The summed E-state index contributed by atoms with van der Waals surface area (Å²) in [6, 6.07) is 5.29. The lowest BCUT2D eigenvalue weighted by atomic mass is 10.1. The van der Waals surface area contributed by atoms with Crippen LogP contribution in [0.25, 0.3) is 0 Å². The van der Waals surface area contributed by atoms with Crippen LogP contribution in [0.1, 0.15) is 18.5 Å². The molecule has 1 atom stereocenters. The molecule has 0 bridgehead atoms. The molecule has 2 rings (SSSR count). The zero-order valence-electron chi connectivity index (χ0n) is 8.81. The number of aromatic nitrogens is 1. The quantitative estimate of drug-likeness (QED) is 0.616. The minimum Gasteiger partial charge on any atom is -0.467 e. The molecule has 0 N–H and O–H groups in total. The van der Waals surface area contributed by atoms with Crippen LogP contribution in [-0.2, 0) is 9.53 Å². The van der Waals surface area contributed by atoms with E-state index in [0.717, 1.165) is 22.4 Å². The van der Waals surface area contributed by atoms with Gasteiger partial charge in [-0.1, -0.05) is 6.07 Å². The number of carbonyl (C=O) groups excluding carboxylic acids is 1. The fourth-order valence-electron chi connectivity index (χ4n) is 1.66. The summed E-state index contributed by atoms with van der Waals surface area (Å²) in [5, 5.41) is 0. The predicted molar refractivity (Wildman–Crippen MR) is 63.5 cm³/mol. The van der Waals surface area contributed by atoms with Gasteiger partial charge in [-0.15, -0.1) is 0 Å². The number of hydrogen-bond donors (Lipinski definition) is 0. The highest BCUT2D eigenvalue weighted by molar-refractivity contribution is 9.10. The number of carbonyl (C=O) groups is 1. The molecule has 0 aliphatic carbocycles. The van der Waals surface area contributed by atoms with Gasteiger partial charge >= 0.3 is 5.97 Å². The van der Waals surface area contributed by atoms with Gasteiger partial charge in [0.2, 0.25) is 0 Å².